The first-order valence-electron chi connectivity index (χ1n) is 7.07. The van der Waals surface area contributed by atoms with Crippen LogP contribution in [0.25, 0.3) is 21.6 Å². The summed E-state index contributed by atoms with van der Waals surface area (Å²) in [6, 6.07) is 9.81. The van der Waals surface area contributed by atoms with Crippen molar-refractivity contribution in [1.82, 2.24) is 20.2 Å². The quantitative estimate of drug-likeness (QED) is 0.618. The van der Waals surface area contributed by atoms with E-state index in [1.807, 2.05) is 29.6 Å². The molecule has 0 saturated carbocycles. The molecule has 0 aliphatic heterocycles. The third kappa shape index (κ3) is 2.69. The molecule has 4 rings (SSSR count). The van der Waals surface area contributed by atoms with Gasteiger partial charge in [0.15, 0.2) is 0 Å². The van der Waals surface area contributed by atoms with Crippen LogP contribution < -0.4 is 4.87 Å². The van der Waals surface area contributed by atoms with Gasteiger partial charge in [0, 0.05) is 17.5 Å². The molecule has 4 aromatic rings. The second-order valence-electron chi connectivity index (χ2n) is 5.17. The summed E-state index contributed by atoms with van der Waals surface area (Å²) >= 11 is 2.85. The van der Waals surface area contributed by atoms with Gasteiger partial charge in [0.05, 0.1) is 10.2 Å². The second-order valence-corrected chi connectivity index (χ2v) is 7.08. The minimum absolute atomic E-state index is 0.0241. The fourth-order valence-electron chi connectivity index (χ4n) is 2.42. The van der Waals surface area contributed by atoms with Gasteiger partial charge in [-0.05, 0) is 29.8 Å². The number of H-pyrrole nitrogens is 1. The lowest BCUT2D eigenvalue weighted by molar-refractivity contribution is 0.906. The molecule has 3 heterocycles. The van der Waals surface area contributed by atoms with Gasteiger partial charge in [-0.1, -0.05) is 24.3 Å². The van der Waals surface area contributed by atoms with E-state index in [0.29, 0.717) is 0 Å². The Morgan fingerprint density at radius 3 is 2.96 bits per heavy atom. The molecule has 23 heavy (non-hydrogen) atoms. The maximum atomic E-state index is 11.4. The summed E-state index contributed by atoms with van der Waals surface area (Å²) in [6.07, 6.45) is 1.65. The summed E-state index contributed by atoms with van der Waals surface area (Å²) in [7, 11) is 0. The fraction of sp³-hybridized carbons (Fsp3) is 0.125. The lowest BCUT2D eigenvalue weighted by atomic mass is 10.0. The number of rotatable bonds is 3. The number of aromatic nitrogens is 4. The molecule has 5 nitrogen and oxygen atoms in total. The highest BCUT2D eigenvalue weighted by molar-refractivity contribution is 7.16. The largest absolute Gasteiger partial charge is 0.312 e. The third-order valence-electron chi connectivity index (χ3n) is 3.67. The van der Waals surface area contributed by atoms with E-state index in [-0.39, 0.29) is 10.8 Å². The zero-order valence-electron chi connectivity index (χ0n) is 12.2. The van der Waals surface area contributed by atoms with Gasteiger partial charge in [-0.3, -0.25) is 4.79 Å². The van der Waals surface area contributed by atoms with Crippen molar-refractivity contribution < 1.29 is 0 Å². The Balaban J connectivity index is 1.69. The number of thiazole rings is 2. The van der Waals surface area contributed by atoms with Crippen LogP contribution in [-0.2, 0) is 0 Å². The zero-order valence-corrected chi connectivity index (χ0v) is 13.8. The van der Waals surface area contributed by atoms with E-state index in [9.17, 15) is 4.79 Å². The monoisotopic (exact) mass is 340 g/mol. The molecule has 1 unspecified atom stereocenters. The van der Waals surface area contributed by atoms with Crippen LogP contribution in [0, 0.1) is 0 Å². The molecule has 0 aliphatic rings. The molecule has 1 N–H and O–H groups in total. The van der Waals surface area contributed by atoms with Crippen LogP contribution in [0.15, 0.2) is 46.7 Å². The molecule has 0 spiro atoms. The van der Waals surface area contributed by atoms with Crippen molar-refractivity contribution in [2.24, 2.45) is 0 Å². The minimum atomic E-state index is -0.0241. The first-order chi connectivity index (χ1) is 11.2. The molecule has 0 bridgehead atoms. The molecule has 3 aromatic heterocycles. The Morgan fingerprint density at radius 1 is 1.22 bits per heavy atom. The Kier molecular flexibility index (Phi) is 3.51. The molecule has 7 heteroatoms. The van der Waals surface area contributed by atoms with Crippen molar-refractivity contribution in [3.8, 4) is 11.4 Å². The van der Waals surface area contributed by atoms with Gasteiger partial charge in [-0.15, -0.1) is 16.4 Å². The molecule has 0 fully saturated rings. The van der Waals surface area contributed by atoms with Crippen molar-refractivity contribution in [3.63, 3.8) is 0 Å². The van der Waals surface area contributed by atoms with Crippen LogP contribution in [0.5, 0.6) is 0 Å². The SMILES string of the molecule is CC(c1ccc2[nH]c(=O)sc2c1)c1nc(-c2cccnn2)cs1. The Bertz CT molecular complexity index is 1020. The lowest BCUT2D eigenvalue weighted by Gasteiger charge is -2.08. The first-order valence-corrected chi connectivity index (χ1v) is 8.76. The van der Waals surface area contributed by atoms with Gasteiger partial charge >= 0.3 is 4.87 Å². The van der Waals surface area contributed by atoms with Crippen molar-refractivity contribution >= 4 is 32.9 Å². The molecule has 0 amide bonds. The summed E-state index contributed by atoms with van der Waals surface area (Å²) in [4.78, 5) is 18.9. The highest BCUT2D eigenvalue weighted by atomic mass is 32.1. The molecular weight excluding hydrogens is 328 g/mol. The molecule has 114 valence electrons. The Hall–Kier alpha value is -2.38. The Labute approximate surface area is 139 Å². The van der Waals surface area contributed by atoms with Crippen molar-refractivity contribution in [3.05, 3.63) is 62.1 Å². The van der Waals surface area contributed by atoms with E-state index in [1.54, 1.807) is 17.5 Å². The standard InChI is InChI=1S/C16H12N4OS2/c1-9(10-4-5-12-14(7-10)23-16(21)19-12)15-18-13(8-22-15)11-3-2-6-17-20-11/h2-9H,1H3,(H,19,21). The van der Waals surface area contributed by atoms with E-state index in [4.69, 9.17) is 4.98 Å². The number of nitrogens with one attached hydrogen (secondary N) is 1. The Morgan fingerprint density at radius 2 is 2.13 bits per heavy atom. The highest BCUT2D eigenvalue weighted by Crippen LogP contribution is 2.31. The van der Waals surface area contributed by atoms with Gasteiger partial charge in [0.1, 0.15) is 16.4 Å². The molecule has 1 aromatic carbocycles. The van der Waals surface area contributed by atoms with Crippen LogP contribution in [0.3, 0.4) is 0 Å². The first kappa shape index (κ1) is 14.2. The topological polar surface area (TPSA) is 71.5 Å². The smallest absolute Gasteiger partial charge is 0.305 e. The minimum Gasteiger partial charge on any atom is -0.312 e. The summed E-state index contributed by atoms with van der Waals surface area (Å²) in [5.74, 6) is 0.159. The normalized spacial score (nSPS) is 12.6. The molecule has 0 saturated heterocycles. The number of benzene rings is 1. The van der Waals surface area contributed by atoms with Crippen LogP contribution in [0.2, 0.25) is 0 Å². The van der Waals surface area contributed by atoms with Crippen LogP contribution >= 0.6 is 22.7 Å². The van der Waals surface area contributed by atoms with E-state index in [2.05, 4.69) is 28.2 Å². The maximum absolute atomic E-state index is 11.4. The summed E-state index contributed by atoms with van der Waals surface area (Å²) in [5.41, 5.74) is 3.65. The van der Waals surface area contributed by atoms with E-state index in [0.717, 1.165) is 32.2 Å². The van der Waals surface area contributed by atoms with Crippen LogP contribution in [0.4, 0.5) is 0 Å². The molecule has 1 atom stereocenters. The van der Waals surface area contributed by atoms with Crippen LogP contribution in [-0.4, -0.2) is 20.2 Å². The number of aromatic amines is 1. The van der Waals surface area contributed by atoms with Crippen molar-refractivity contribution in [1.29, 1.82) is 0 Å². The number of fused-ring (bicyclic) bond motifs is 1. The summed E-state index contributed by atoms with van der Waals surface area (Å²) in [6.45, 7) is 2.12. The second kappa shape index (κ2) is 5.68. The number of hydrogen-bond acceptors (Lipinski definition) is 6. The fourth-order valence-corrected chi connectivity index (χ4v) is 4.10. The van der Waals surface area contributed by atoms with Crippen molar-refractivity contribution in [2.75, 3.05) is 0 Å². The van der Waals surface area contributed by atoms with Gasteiger partial charge in [-0.2, -0.15) is 5.10 Å². The maximum Gasteiger partial charge on any atom is 0.305 e. The van der Waals surface area contributed by atoms with Crippen molar-refractivity contribution in [2.45, 2.75) is 12.8 Å². The molecule has 0 radical (unpaired) electrons. The van der Waals surface area contributed by atoms with Gasteiger partial charge in [0.2, 0.25) is 0 Å². The van der Waals surface area contributed by atoms with E-state index in [1.165, 1.54) is 11.3 Å². The van der Waals surface area contributed by atoms with E-state index < -0.39 is 0 Å². The summed E-state index contributed by atoms with van der Waals surface area (Å²) < 4.78 is 0.977. The molecular formula is C16H12N4OS2. The number of nitrogens with zero attached hydrogens (tertiary/aromatic N) is 3. The van der Waals surface area contributed by atoms with Crippen LogP contribution in [0.1, 0.15) is 23.4 Å². The predicted octanol–water partition coefficient (Wildman–Crippen LogP) is 3.65. The summed E-state index contributed by atoms with van der Waals surface area (Å²) in [5, 5.41) is 11.0. The van der Waals surface area contributed by atoms with Gasteiger partial charge in [0.25, 0.3) is 0 Å². The van der Waals surface area contributed by atoms with E-state index >= 15 is 0 Å². The predicted molar refractivity (Wildman–Crippen MR) is 93.1 cm³/mol. The average Bonchev–Trinajstić information content (AvgIpc) is 3.20. The molecule has 0 aliphatic carbocycles. The lowest BCUT2D eigenvalue weighted by Crippen LogP contribution is -1.95. The highest BCUT2D eigenvalue weighted by Gasteiger charge is 2.15. The number of hydrogen-bond donors (Lipinski definition) is 1. The van der Waals surface area contributed by atoms with Gasteiger partial charge in [-0.25, -0.2) is 4.98 Å². The average molecular weight is 340 g/mol. The third-order valence-corrected chi connectivity index (χ3v) is 5.54. The van der Waals surface area contributed by atoms with Gasteiger partial charge < -0.3 is 4.98 Å². The zero-order chi connectivity index (χ0) is 15.8.